The first-order chi connectivity index (χ1) is 14.2. The van der Waals surface area contributed by atoms with Crippen LogP contribution in [0.3, 0.4) is 0 Å². The van der Waals surface area contributed by atoms with Gasteiger partial charge in [0, 0.05) is 35.2 Å². The van der Waals surface area contributed by atoms with Crippen LogP contribution in [0.1, 0.15) is 43.4 Å². The lowest BCUT2D eigenvalue weighted by Gasteiger charge is -2.20. The molecule has 3 rings (SSSR count). The molecule has 0 fully saturated rings. The van der Waals surface area contributed by atoms with E-state index < -0.39 is 0 Å². The molecule has 7 heteroatoms. The van der Waals surface area contributed by atoms with Gasteiger partial charge in [-0.2, -0.15) is 0 Å². The van der Waals surface area contributed by atoms with E-state index in [0.29, 0.717) is 34.3 Å². The highest BCUT2D eigenvalue weighted by atomic mass is 35.5. The summed E-state index contributed by atoms with van der Waals surface area (Å²) in [5.74, 6) is 0.715. The Hall–Kier alpha value is -3.12. The number of anilines is 1. The summed E-state index contributed by atoms with van der Waals surface area (Å²) in [5, 5.41) is 6.29. The molecule has 3 aromatic rings. The van der Waals surface area contributed by atoms with Crippen molar-refractivity contribution in [3.8, 4) is 11.3 Å². The Kier molecular flexibility index (Phi) is 6.57. The van der Waals surface area contributed by atoms with Crippen LogP contribution in [0.2, 0.25) is 5.02 Å². The number of nitrogens with one attached hydrogen (secondary N) is 2. The van der Waals surface area contributed by atoms with Crippen LogP contribution >= 0.6 is 11.6 Å². The lowest BCUT2D eigenvalue weighted by atomic mass is 10.1. The molecule has 30 heavy (non-hydrogen) atoms. The monoisotopic (exact) mass is 425 g/mol. The van der Waals surface area contributed by atoms with Crippen LogP contribution in [-0.2, 0) is 11.2 Å². The van der Waals surface area contributed by atoms with Gasteiger partial charge in [0.05, 0.1) is 11.2 Å². The molecule has 1 heterocycles. The predicted octanol–water partition coefficient (Wildman–Crippen LogP) is 5.09. The fourth-order valence-corrected chi connectivity index (χ4v) is 3.00. The molecule has 6 nitrogen and oxygen atoms in total. The molecule has 2 aromatic carbocycles. The van der Waals surface area contributed by atoms with Crippen molar-refractivity contribution in [2.45, 2.75) is 39.2 Å². The van der Waals surface area contributed by atoms with Gasteiger partial charge in [0.15, 0.2) is 11.7 Å². The molecule has 0 aliphatic carbocycles. The van der Waals surface area contributed by atoms with Crippen molar-refractivity contribution in [1.29, 1.82) is 0 Å². The summed E-state index contributed by atoms with van der Waals surface area (Å²) in [5.41, 5.74) is 1.61. The molecule has 0 spiro atoms. The number of aryl methyl sites for hydroxylation is 1. The van der Waals surface area contributed by atoms with Crippen LogP contribution in [0.5, 0.6) is 0 Å². The van der Waals surface area contributed by atoms with Gasteiger partial charge in [-0.3, -0.25) is 9.59 Å². The topological polar surface area (TPSA) is 84.2 Å². The Bertz CT molecular complexity index is 1040. The maximum atomic E-state index is 12.2. The number of oxazole rings is 1. The van der Waals surface area contributed by atoms with Crippen molar-refractivity contribution in [3.05, 3.63) is 71.2 Å². The van der Waals surface area contributed by atoms with E-state index >= 15 is 0 Å². The Balaban J connectivity index is 1.53. The first kappa shape index (κ1) is 21.6. The van der Waals surface area contributed by atoms with Gasteiger partial charge in [-0.15, -0.1) is 0 Å². The average molecular weight is 426 g/mol. The van der Waals surface area contributed by atoms with Gasteiger partial charge < -0.3 is 15.1 Å². The largest absolute Gasteiger partial charge is 0.441 e. The number of nitrogens with zero attached hydrogens (tertiary/aromatic N) is 1. The Morgan fingerprint density at radius 3 is 2.43 bits per heavy atom. The lowest BCUT2D eigenvalue weighted by Crippen LogP contribution is -2.40. The van der Waals surface area contributed by atoms with Gasteiger partial charge in [-0.1, -0.05) is 23.7 Å². The van der Waals surface area contributed by atoms with Crippen LogP contribution in [0, 0.1) is 0 Å². The number of carbonyl (C=O) groups is 2. The molecule has 2 amide bonds. The SMILES string of the molecule is CC(C)(C)NC(=O)c1ccc(NC(=O)CCc2ncc(-c3ccccc3Cl)o2)cc1. The highest BCUT2D eigenvalue weighted by Gasteiger charge is 2.15. The van der Waals surface area contributed by atoms with Crippen molar-refractivity contribution in [1.82, 2.24) is 10.3 Å². The van der Waals surface area contributed by atoms with E-state index in [1.807, 2.05) is 39.0 Å². The first-order valence-corrected chi connectivity index (χ1v) is 10.0. The minimum atomic E-state index is -0.310. The van der Waals surface area contributed by atoms with Crippen LogP contribution in [0.4, 0.5) is 5.69 Å². The van der Waals surface area contributed by atoms with Crippen molar-refractivity contribution in [2.24, 2.45) is 0 Å². The molecule has 0 atom stereocenters. The number of aromatic nitrogens is 1. The van der Waals surface area contributed by atoms with Crippen LogP contribution in [0.25, 0.3) is 11.3 Å². The molecule has 0 saturated carbocycles. The summed E-state index contributed by atoms with van der Waals surface area (Å²) >= 11 is 6.17. The summed E-state index contributed by atoms with van der Waals surface area (Å²) in [7, 11) is 0. The van der Waals surface area contributed by atoms with Crippen molar-refractivity contribution < 1.29 is 14.0 Å². The summed E-state index contributed by atoms with van der Waals surface area (Å²) in [6, 6.07) is 14.1. The lowest BCUT2D eigenvalue weighted by molar-refractivity contribution is -0.116. The van der Waals surface area contributed by atoms with Gasteiger partial charge >= 0.3 is 0 Å². The van der Waals surface area contributed by atoms with Gasteiger partial charge in [-0.05, 0) is 57.2 Å². The summed E-state index contributed by atoms with van der Waals surface area (Å²) in [4.78, 5) is 28.6. The maximum Gasteiger partial charge on any atom is 0.251 e. The molecule has 0 unspecified atom stereocenters. The summed E-state index contributed by atoms with van der Waals surface area (Å²) in [6.45, 7) is 5.76. The van der Waals surface area contributed by atoms with Crippen LogP contribution in [0.15, 0.2) is 59.1 Å². The second-order valence-electron chi connectivity index (χ2n) is 7.93. The van der Waals surface area contributed by atoms with E-state index in [-0.39, 0.29) is 23.8 Å². The molecule has 0 aliphatic rings. The zero-order valence-electron chi connectivity index (χ0n) is 17.2. The molecule has 0 aliphatic heterocycles. The van der Waals surface area contributed by atoms with Gasteiger partial charge in [-0.25, -0.2) is 4.98 Å². The zero-order valence-corrected chi connectivity index (χ0v) is 17.9. The molecule has 0 bridgehead atoms. The van der Waals surface area contributed by atoms with E-state index in [4.69, 9.17) is 16.0 Å². The van der Waals surface area contributed by atoms with E-state index in [1.54, 1.807) is 36.5 Å². The predicted molar refractivity (Wildman–Crippen MR) is 118 cm³/mol. The molecule has 0 radical (unpaired) electrons. The summed E-state index contributed by atoms with van der Waals surface area (Å²) in [6.07, 6.45) is 2.19. The zero-order chi connectivity index (χ0) is 21.7. The number of halogens is 1. The number of benzene rings is 2. The van der Waals surface area contributed by atoms with Gasteiger partial charge in [0.1, 0.15) is 0 Å². The van der Waals surface area contributed by atoms with Crippen LogP contribution in [-0.4, -0.2) is 22.3 Å². The van der Waals surface area contributed by atoms with Crippen molar-refractivity contribution in [3.63, 3.8) is 0 Å². The molecule has 156 valence electrons. The molecule has 0 saturated heterocycles. The maximum absolute atomic E-state index is 12.2. The molecular weight excluding hydrogens is 402 g/mol. The van der Waals surface area contributed by atoms with E-state index in [9.17, 15) is 9.59 Å². The van der Waals surface area contributed by atoms with E-state index in [0.717, 1.165) is 5.56 Å². The fraction of sp³-hybridized carbons (Fsp3) is 0.261. The highest BCUT2D eigenvalue weighted by molar-refractivity contribution is 6.33. The normalized spacial score (nSPS) is 11.2. The van der Waals surface area contributed by atoms with Crippen LogP contribution < -0.4 is 10.6 Å². The Morgan fingerprint density at radius 1 is 1.07 bits per heavy atom. The van der Waals surface area contributed by atoms with Crippen molar-refractivity contribution >= 4 is 29.1 Å². The Labute approximate surface area is 180 Å². The third-order valence-electron chi connectivity index (χ3n) is 4.18. The number of amides is 2. The third-order valence-corrected chi connectivity index (χ3v) is 4.51. The minimum absolute atomic E-state index is 0.154. The quantitative estimate of drug-likeness (QED) is 0.575. The number of carbonyl (C=O) groups excluding carboxylic acids is 2. The summed E-state index contributed by atoms with van der Waals surface area (Å²) < 4.78 is 5.71. The third kappa shape index (κ3) is 5.94. The highest BCUT2D eigenvalue weighted by Crippen LogP contribution is 2.28. The number of hydrogen-bond acceptors (Lipinski definition) is 4. The van der Waals surface area contributed by atoms with E-state index in [1.165, 1.54) is 0 Å². The van der Waals surface area contributed by atoms with E-state index in [2.05, 4.69) is 15.6 Å². The van der Waals surface area contributed by atoms with Crippen molar-refractivity contribution in [2.75, 3.05) is 5.32 Å². The van der Waals surface area contributed by atoms with Gasteiger partial charge in [0.25, 0.3) is 5.91 Å². The number of rotatable bonds is 6. The number of hydrogen-bond donors (Lipinski definition) is 2. The second kappa shape index (κ2) is 9.13. The first-order valence-electron chi connectivity index (χ1n) is 9.63. The molecule has 1 aromatic heterocycles. The Morgan fingerprint density at radius 2 is 1.77 bits per heavy atom. The molecular formula is C23H24ClN3O3. The second-order valence-corrected chi connectivity index (χ2v) is 8.33. The standard InChI is InChI=1S/C23H24ClN3O3/c1-23(2,3)27-22(29)15-8-10-16(11-9-15)26-20(28)12-13-21-25-14-19(30-21)17-6-4-5-7-18(17)24/h4-11,14H,12-13H2,1-3H3,(H,26,28)(H,27,29). The minimum Gasteiger partial charge on any atom is -0.441 e. The smallest absolute Gasteiger partial charge is 0.251 e. The average Bonchev–Trinajstić information content (AvgIpc) is 3.15. The molecule has 2 N–H and O–H groups in total. The van der Waals surface area contributed by atoms with Gasteiger partial charge in [0.2, 0.25) is 5.91 Å². The fourth-order valence-electron chi connectivity index (χ4n) is 2.77.